The van der Waals surface area contributed by atoms with Crippen LogP contribution in [0, 0.1) is 0 Å². The zero-order valence-electron chi connectivity index (χ0n) is 8.66. The van der Waals surface area contributed by atoms with Gasteiger partial charge in [0.1, 0.15) is 6.61 Å². The number of nitrogens with zero attached hydrogens (tertiary/aromatic N) is 1. The topological polar surface area (TPSA) is 29.5 Å². The van der Waals surface area contributed by atoms with Crippen molar-refractivity contribution in [3.05, 3.63) is 37.5 Å². The lowest BCUT2D eigenvalue weighted by molar-refractivity contribution is 0.118. The maximum Gasteiger partial charge on any atom is 0.410 e. The second-order valence-corrected chi connectivity index (χ2v) is 2.99. The fourth-order valence-corrected chi connectivity index (χ4v) is 0.812. The number of hydrogen-bond donors (Lipinski definition) is 0. The minimum Gasteiger partial charge on any atom is -0.445 e. The van der Waals surface area contributed by atoms with Crippen LogP contribution in [0.5, 0.6) is 0 Å². The van der Waals surface area contributed by atoms with Gasteiger partial charge in [-0.15, -0.1) is 13.2 Å². The Morgan fingerprint density at radius 2 is 1.86 bits per heavy atom. The van der Waals surface area contributed by atoms with Gasteiger partial charge < -0.3 is 9.64 Å². The van der Waals surface area contributed by atoms with Crippen molar-refractivity contribution in [1.29, 1.82) is 0 Å². The first-order valence-corrected chi connectivity index (χ1v) is 4.39. The number of carbonyl (C=O) groups is 1. The highest BCUT2D eigenvalue weighted by molar-refractivity contribution is 5.68. The average molecular weight is 195 g/mol. The number of rotatable bonds is 6. The largest absolute Gasteiger partial charge is 0.445 e. The van der Waals surface area contributed by atoms with Gasteiger partial charge in [-0.2, -0.15) is 0 Å². The molecule has 0 unspecified atom stereocenters. The molecule has 0 N–H and O–H groups in total. The molecule has 14 heavy (non-hydrogen) atoms. The predicted octanol–water partition coefficient (Wildman–Crippen LogP) is 2.37. The summed E-state index contributed by atoms with van der Waals surface area (Å²) in [6.07, 6.45) is 2.92. The summed E-state index contributed by atoms with van der Waals surface area (Å²) >= 11 is 0. The minimum absolute atomic E-state index is 0.254. The van der Waals surface area contributed by atoms with Crippen LogP contribution in [0.4, 0.5) is 4.79 Å². The molecule has 0 fully saturated rings. The van der Waals surface area contributed by atoms with Crippen LogP contribution in [-0.2, 0) is 4.74 Å². The molecule has 0 rings (SSSR count). The SMILES string of the molecule is C=CCN(CC=C)C(=O)OCC(=C)C. The van der Waals surface area contributed by atoms with Crippen LogP contribution in [0.3, 0.4) is 0 Å². The smallest absolute Gasteiger partial charge is 0.410 e. The Morgan fingerprint density at radius 1 is 1.36 bits per heavy atom. The van der Waals surface area contributed by atoms with Crippen molar-refractivity contribution in [2.24, 2.45) is 0 Å². The molecule has 0 saturated carbocycles. The second-order valence-electron chi connectivity index (χ2n) is 2.99. The number of carbonyl (C=O) groups excluding carboxylic acids is 1. The van der Waals surface area contributed by atoms with Gasteiger partial charge in [0, 0.05) is 13.1 Å². The van der Waals surface area contributed by atoms with E-state index < -0.39 is 0 Å². The van der Waals surface area contributed by atoms with Crippen molar-refractivity contribution in [3.8, 4) is 0 Å². The Bertz CT molecular complexity index is 223. The Hall–Kier alpha value is -1.51. The number of hydrogen-bond acceptors (Lipinski definition) is 2. The molecule has 0 aromatic heterocycles. The van der Waals surface area contributed by atoms with Crippen LogP contribution in [0.25, 0.3) is 0 Å². The van der Waals surface area contributed by atoms with E-state index in [9.17, 15) is 4.79 Å². The molecule has 0 aromatic rings. The molecule has 0 saturated heterocycles. The molecule has 0 aliphatic rings. The van der Waals surface area contributed by atoms with E-state index in [1.165, 1.54) is 4.90 Å². The van der Waals surface area contributed by atoms with Crippen LogP contribution < -0.4 is 0 Å². The van der Waals surface area contributed by atoms with E-state index in [1.807, 2.05) is 0 Å². The summed E-state index contributed by atoms with van der Waals surface area (Å²) in [5.74, 6) is 0. The summed E-state index contributed by atoms with van der Waals surface area (Å²) in [4.78, 5) is 12.9. The maximum atomic E-state index is 11.4. The molecule has 0 heterocycles. The molecule has 0 atom stereocenters. The maximum absolute atomic E-state index is 11.4. The Kier molecular flexibility index (Phi) is 6.20. The van der Waals surface area contributed by atoms with Crippen molar-refractivity contribution in [2.45, 2.75) is 6.92 Å². The fourth-order valence-electron chi connectivity index (χ4n) is 0.812. The highest BCUT2D eigenvalue weighted by atomic mass is 16.6. The molecule has 0 aliphatic carbocycles. The summed E-state index contributed by atoms with van der Waals surface area (Å²) in [5, 5.41) is 0. The minimum atomic E-state index is -0.368. The normalized spacial score (nSPS) is 8.93. The van der Waals surface area contributed by atoms with Crippen LogP contribution in [0.2, 0.25) is 0 Å². The molecule has 0 aromatic carbocycles. The van der Waals surface area contributed by atoms with Crippen molar-refractivity contribution < 1.29 is 9.53 Å². The van der Waals surface area contributed by atoms with E-state index in [4.69, 9.17) is 4.74 Å². The van der Waals surface area contributed by atoms with Gasteiger partial charge in [-0.3, -0.25) is 0 Å². The zero-order valence-corrected chi connectivity index (χ0v) is 8.66. The average Bonchev–Trinajstić information content (AvgIpc) is 2.14. The summed E-state index contributed by atoms with van der Waals surface area (Å²) in [6, 6.07) is 0. The highest BCUT2D eigenvalue weighted by Crippen LogP contribution is 1.97. The van der Waals surface area contributed by atoms with Crippen molar-refractivity contribution in [1.82, 2.24) is 4.90 Å². The lowest BCUT2D eigenvalue weighted by Gasteiger charge is -2.18. The first-order chi connectivity index (χ1) is 6.61. The Morgan fingerprint density at radius 3 is 2.21 bits per heavy atom. The fraction of sp³-hybridized carbons (Fsp3) is 0.364. The molecule has 78 valence electrons. The summed E-state index contributed by atoms with van der Waals surface area (Å²) in [6.45, 7) is 13.7. The van der Waals surface area contributed by atoms with Crippen molar-refractivity contribution in [2.75, 3.05) is 19.7 Å². The van der Waals surface area contributed by atoms with Gasteiger partial charge in [0.2, 0.25) is 0 Å². The number of amides is 1. The molecule has 0 bridgehead atoms. The summed E-state index contributed by atoms with van der Waals surface area (Å²) in [5.41, 5.74) is 0.815. The molecule has 3 heteroatoms. The van der Waals surface area contributed by atoms with Gasteiger partial charge in [0.15, 0.2) is 0 Å². The lowest BCUT2D eigenvalue weighted by Crippen LogP contribution is -2.32. The van der Waals surface area contributed by atoms with Gasteiger partial charge in [-0.05, 0) is 12.5 Å². The van der Waals surface area contributed by atoms with E-state index in [0.29, 0.717) is 13.1 Å². The van der Waals surface area contributed by atoms with E-state index in [0.717, 1.165) is 5.57 Å². The predicted molar refractivity (Wildman–Crippen MR) is 58.1 cm³/mol. The third-order valence-electron chi connectivity index (χ3n) is 1.40. The van der Waals surface area contributed by atoms with Gasteiger partial charge in [0.25, 0.3) is 0 Å². The molecule has 0 radical (unpaired) electrons. The lowest BCUT2D eigenvalue weighted by atomic mass is 10.4. The van der Waals surface area contributed by atoms with Crippen LogP contribution in [0.1, 0.15) is 6.92 Å². The van der Waals surface area contributed by atoms with Crippen LogP contribution in [-0.4, -0.2) is 30.7 Å². The van der Waals surface area contributed by atoms with E-state index in [2.05, 4.69) is 19.7 Å². The van der Waals surface area contributed by atoms with Gasteiger partial charge in [-0.25, -0.2) is 4.79 Å². The van der Waals surface area contributed by atoms with Gasteiger partial charge in [-0.1, -0.05) is 18.7 Å². The second kappa shape index (κ2) is 6.95. The van der Waals surface area contributed by atoms with Crippen molar-refractivity contribution in [3.63, 3.8) is 0 Å². The van der Waals surface area contributed by atoms with E-state index in [1.54, 1.807) is 19.1 Å². The van der Waals surface area contributed by atoms with E-state index >= 15 is 0 Å². The van der Waals surface area contributed by atoms with E-state index in [-0.39, 0.29) is 12.7 Å². The van der Waals surface area contributed by atoms with Gasteiger partial charge >= 0.3 is 6.09 Å². The van der Waals surface area contributed by atoms with Crippen LogP contribution in [0.15, 0.2) is 37.5 Å². The first kappa shape index (κ1) is 12.5. The summed E-state index contributed by atoms with van der Waals surface area (Å²) < 4.78 is 4.96. The van der Waals surface area contributed by atoms with Gasteiger partial charge in [0.05, 0.1) is 0 Å². The third-order valence-corrected chi connectivity index (χ3v) is 1.40. The third kappa shape index (κ3) is 5.19. The standard InChI is InChI=1S/C11H17NO2/c1-5-7-12(8-6-2)11(13)14-9-10(3)4/h5-6H,1-3,7-9H2,4H3. The Balaban J connectivity index is 4.06. The highest BCUT2D eigenvalue weighted by Gasteiger charge is 2.10. The first-order valence-electron chi connectivity index (χ1n) is 4.39. The molecule has 1 amide bonds. The molecular weight excluding hydrogens is 178 g/mol. The molecule has 0 spiro atoms. The van der Waals surface area contributed by atoms with Crippen LogP contribution >= 0.6 is 0 Å². The van der Waals surface area contributed by atoms with Crippen molar-refractivity contribution >= 4 is 6.09 Å². The molecular formula is C11H17NO2. The quantitative estimate of drug-likeness (QED) is 0.609. The number of ether oxygens (including phenoxy) is 1. The zero-order chi connectivity index (χ0) is 11.0. The monoisotopic (exact) mass is 195 g/mol. The Labute approximate surface area is 85.4 Å². The molecule has 0 aliphatic heterocycles. The summed E-state index contributed by atoms with van der Waals surface area (Å²) in [7, 11) is 0. The molecule has 3 nitrogen and oxygen atoms in total.